The molecule has 0 saturated heterocycles. The Balaban J connectivity index is 3.28. The third-order valence-electron chi connectivity index (χ3n) is 1.57. The van der Waals surface area contributed by atoms with Gasteiger partial charge < -0.3 is 9.84 Å². The topological polar surface area (TPSA) is 89.6 Å². The van der Waals surface area contributed by atoms with E-state index in [0.717, 1.165) is 0 Å². The van der Waals surface area contributed by atoms with Crippen molar-refractivity contribution in [1.29, 1.82) is 0 Å². The summed E-state index contributed by atoms with van der Waals surface area (Å²) in [6, 6.07) is 4.13. The van der Waals surface area contributed by atoms with Gasteiger partial charge in [-0.1, -0.05) is 6.07 Å². The van der Waals surface area contributed by atoms with E-state index in [-0.39, 0.29) is 10.6 Å². The number of phenols is 1. The fraction of sp³-hybridized carbons (Fsp3) is 0.250. The molecule has 0 aliphatic rings. The number of benzene rings is 1. The summed E-state index contributed by atoms with van der Waals surface area (Å²) in [5, 5.41) is 14.4. The van der Waals surface area contributed by atoms with E-state index in [9.17, 15) is 13.5 Å². The van der Waals surface area contributed by atoms with Crippen molar-refractivity contribution in [3.63, 3.8) is 0 Å². The Labute approximate surface area is 82.2 Å². The minimum atomic E-state index is -3.90. The van der Waals surface area contributed by atoms with Gasteiger partial charge in [-0.25, -0.2) is 13.6 Å². The molecule has 1 rings (SSSR count). The van der Waals surface area contributed by atoms with Crippen molar-refractivity contribution in [2.45, 2.75) is 11.8 Å². The summed E-state index contributed by atoms with van der Waals surface area (Å²) >= 11 is 0. The first-order chi connectivity index (χ1) is 6.46. The average molecular weight is 217 g/mol. The van der Waals surface area contributed by atoms with Crippen LogP contribution in [0.25, 0.3) is 0 Å². The minimum Gasteiger partial charge on any atom is -0.503 e. The van der Waals surface area contributed by atoms with E-state index in [4.69, 9.17) is 9.88 Å². The lowest BCUT2D eigenvalue weighted by Crippen LogP contribution is -2.12. The summed E-state index contributed by atoms with van der Waals surface area (Å²) in [6.07, 6.45) is 0. The zero-order chi connectivity index (χ0) is 10.8. The maximum Gasteiger partial charge on any atom is 0.241 e. The molecule has 14 heavy (non-hydrogen) atoms. The molecule has 0 heterocycles. The van der Waals surface area contributed by atoms with Gasteiger partial charge in [0.15, 0.2) is 11.5 Å². The Morgan fingerprint density at radius 2 is 2.14 bits per heavy atom. The molecule has 3 N–H and O–H groups in total. The van der Waals surface area contributed by atoms with Crippen LogP contribution >= 0.6 is 0 Å². The molecule has 0 bridgehead atoms. The van der Waals surface area contributed by atoms with Crippen LogP contribution in [0.5, 0.6) is 11.5 Å². The first-order valence-electron chi connectivity index (χ1n) is 3.94. The van der Waals surface area contributed by atoms with Crippen LogP contribution in [-0.4, -0.2) is 20.1 Å². The van der Waals surface area contributed by atoms with Gasteiger partial charge >= 0.3 is 0 Å². The average Bonchev–Trinajstić information content (AvgIpc) is 2.07. The number of aromatic hydroxyl groups is 1. The molecule has 1 aromatic carbocycles. The highest BCUT2D eigenvalue weighted by Crippen LogP contribution is 2.31. The van der Waals surface area contributed by atoms with Gasteiger partial charge in [0.25, 0.3) is 0 Å². The van der Waals surface area contributed by atoms with Crippen LogP contribution in [0.3, 0.4) is 0 Å². The van der Waals surface area contributed by atoms with Crippen molar-refractivity contribution < 1.29 is 18.3 Å². The molecular weight excluding hydrogens is 206 g/mol. The molecule has 5 nitrogen and oxygen atoms in total. The Hall–Kier alpha value is -1.27. The summed E-state index contributed by atoms with van der Waals surface area (Å²) in [5.41, 5.74) is 0. The third kappa shape index (κ3) is 2.15. The predicted octanol–water partition coefficient (Wildman–Crippen LogP) is 0.438. The molecule has 0 radical (unpaired) electrons. The Morgan fingerprint density at radius 1 is 1.50 bits per heavy atom. The van der Waals surface area contributed by atoms with Gasteiger partial charge in [0.05, 0.1) is 6.61 Å². The first kappa shape index (κ1) is 10.8. The van der Waals surface area contributed by atoms with Crippen LogP contribution in [0.2, 0.25) is 0 Å². The number of phenolic OH excluding ortho intramolecular Hbond substituents is 1. The van der Waals surface area contributed by atoms with E-state index in [0.29, 0.717) is 6.61 Å². The molecule has 6 heteroatoms. The van der Waals surface area contributed by atoms with Gasteiger partial charge in [-0.05, 0) is 19.1 Å². The van der Waals surface area contributed by atoms with Crippen LogP contribution in [-0.2, 0) is 10.0 Å². The fourth-order valence-electron chi connectivity index (χ4n) is 1.00. The number of hydrogen-bond acceptors (Lipinski definition) is 4. The highest BCUT2D eigenvalue weighted by molar-refractivity contribution is 7.89. The number of sulfonamides is 1. The molecule has 0 atom stereocenters. The smallest absolute Gasteiger partial charge is 0.241 e. The monoisotopic (exact) mass is 217 g/mol. The van der Waals surface area contributed by atoms with Crippen molar-refractivity contribution >= 4 is 10.0 Å². The number of hydrogen-bond donors (Lipinski definition) is 2. The SMILES string of the molecule is CCOc1cccc(S(N)(=O)=O)c1O. The molecule has 0 aliphatic carbocycles. The van der Waals surface area contributed by atoms with Gasteiger partial charge in [0.1, 0.15) is 4.90 Å². The second-order valence-corrected chi connectivity index (χ2v) is 4.11. The van der Waals surface area contributed by atoms with E-state index in [2.05, 4.69) is 0 Å². The Morgan fingerprint density at radius 3 is 2.64 bits per heavy atom. The largest absolute Gasteiger partial charge is 0.503 e. The van der Waals surface area contributed by atoms with Crippen molar-refractivity contribution in [1.82, 2.24) is 0 Å². The zero-order valence-electron chi connectivity index (χ0n) is 7.60. The van der Waals surface area contributed by atoms with Crippen molar-refractivity contribution in [2.75, 3.05) is 6.61 Å². The van der Waals surface area contributed by atoms with Crippen LogP contribution in [0.4, 0.5) is 0 Å². The maximum absolute atomic E-state index is 11.0. The quantitative estimate of drug-likeness (QED) is 0.768. The summed E-state index contributed by atoms with van der Waals surface area (Å²) in [4.78, 5) is -0.330. The van der Waals surface area contributed by atoms with Crippen molar-refractivity contribution in [2.24, 2.45) is 5.14 Å². The van der Waals surface area contributed by atoms with Crippen molar-refractivity contribution in [3.05, 3.63) is 18.2 Å². The molecule has 1 aromatic rings. The summed E-state index contributed by atoms with van der Waals surface area (Å²) in [5.74, 6) is -0.337. The summed E-state index contributed by atoms with van der Waals surface area (Å²) < 4.78 is 26.9. The van der Waals surface area contributed by atoms with Crippen LogP contribution < -0.4 is 9.88 Å². The van der Waals surface area contributed by atoms with Crippen LogP contribution in [0.15, 0.2) is 23.1 Å². The Bertz CT molecular complexity index is 427. The molecule has 0 spiro atoms. The molecule has 0 aromatic heterocycles. The third-order valence-corrected chi connectivity index (χ3v) is 2.51. The minimum absolute atomic E-state index is 0.110. The number of para-hydroxylation sites is 1. The highest BCUT2D eigenvalue weighted by atomic mass is 32.2. The number of ether oxygens (including phenoxy) is 1. The maximum atomic E-state index is 11.0. The highest BCUT2D eigenvalue weighted by Gasteiger charge is 2.16. The van der Waals surface area contributed by atoms with E-state index < -0.39 is 15.8 Å². The second-order valence-electron chi connectivity index (χ2n) is 2.58. The van der Waals surface area contributed by atoms with Gasteiger partial charge in [-0.15, -0.1) is 0 Å². The predicted molar refractivity (Wildman–Crippen MR) is 50.6 cm³/mol. The van der Waals surface area contributed by atoms with Gasteiger partial charge in [-0.3, -0.25) is 0 Å². The summed E-state index contributed by atoms with van der Waals surface area (Å²) in [7, 11) is -3.90. The first-order valence-corrected chi connectivity index (χ1v) is 5.49. The molecule has 0 unspecified atom stereocenters. The van der Waals surface area contributed by atoms with E-state index >= 15 is 0 Å². The van der Waals surface area contributed by atoms with E-state index in [1.165, 1.54) is 18.2 Å². The molecule has 0 saturated carbocycles. The van der Waals surface area contributed by atoms with Crippen LogP contribution in [0.1, 0.15) is 6.92 Å². The molecule has 0 fully saturated rings. The molecule has 0 amide bonds. The molecule has 0 aliphatic heterocycles. The van der Waals surface area contributed by atoms with E-state index in [1.807, 2.05) is 0 Å². The van der Waals surface area contributed by atoms with Crippen molar-refractivity contribution in [3.8, 4) is 11.5 Å². The zero-order valence-corrected chi connectivity index (χ0v) is 8.41. The normalized spacial score (nSPS) is 11.3. The lowest BCUT2D eigenvalue weighted by atomic mass is 10.3. The second kappa shape index (κ2) is 3.85. The Kier molecular flexibility index (Phi) is 2.97. The van der Waals surface area contributed by atoms with Gasteiger partial charge in [0, 0.05) is 0 Å². The molecule has 78 valence electrons. The standard InChI is InChI=1S/C8H11NO4S/c1-2-13-6-4-3-5-7(8(6)10)14(9,11)12/h3-5,10H,2H2,1H3,(H2,9,11,12). The lowest BCUT2D eigenvalue weighted by Gasteiger charge is -2.07. The summed E-state index contributed by atoms with van der Waals surface area (Å²) in [6.45, 7) is 2.06. The van der Waals surface area contributed by atoms with Gasteiger partial charge in [0.2, 0.25) is 10.0 Å². The molecular formula is C8H11NO4S. The van der Waals surface area contributed by atoms with E-state index in [1.54, 1.807) is 6.92 Å². The number of rotatable bonds is 3. The fourth-order valence-corrected chi connectivity index (χ4v) is 1.64. The lowest BCUT2D eigenvalue weighted by molar-refractivity contribution is 0.314. The number of nitrogens with two attached hydrogens (primary N) is 1. The van der Waals surface area contributed by atoms with Gasteiger partial charge in [-0.2, -0.15) is 0 Å². The van der Waals surface area contributed by atoms with Crippen LogP contribution in [0, 0.1) is 0 Å². The number of primary sulfonamides is 1.